The van der Waals surface area contributed by atoms with E-state index in [0.717, 1.165) is 25.4 Å². The molecule has 0 aromatic carbocycles. The van der Waals surface area contributed by atoms with Crippen LogP contribution < -0.4 is 11.1 Å². The number of nitrogens with two attached hydrogens (primary N) is 1. The summed E-state index contributed by atoms with van der Waals surface area (Å²) in [6.45, 7) is 10.2. The number of halogens is 1. The molecular formula is C26H53ClN2O2. The highest BCUT2D eigenvalue weighted by molar-refractivity contribution is 5.85. The Morgan fingerprint density at radius 3 is 1.81 bits per heavy atom. The second-order valence-corrected chi connectivity index (χ2v) is 10.7. The minimum absolute atomic E-state index is 0. The fourth-order valence-corrected chi connectivity index (χ4v) is 4.10. The van der Waals surface area contributed by atoms with Crippen LogP contribution in [0.1, 0.15) is 124 Å². The highest BCUT2D eigenvalue weighted by atomic mass is 35.5. The number of epoxide rings is 1. The maximum atomic E-state index is 12.1. The average Bonchev–Trinajstić information content (AvgIpc) is 3.48. The standard InChI is InChI=1S/C26H52N2O2.ClH/c1-22(2)17-15-13-11-9-7-5-6-8-10-12-14-16-18-25(29)28-20-23(26(3,4)27)19-24-21-30-24;/h22-24H,5-21,27H2,1-4H3,(H,28,29);1H. The lowest BCUT2D eigenvalue weighted by Crippen LogP contribution is -2.47. The SMILES string of the molecule is CC(C)CCCCCCCCCCCCCCC(=O)NCC(CC1CO1)C(C)(C)N.Cl. The van der Waals surface area contributed by atoms with Gasteiger partial charge in [0.05, 0.1) is 12.7 Å². The number of hydrogen-bond acceptors (Lipinski definition) is 3. The molecule has 0 saturated carbocycles. The summed E-state index contributed by atoms with van der Waals surface area (Å²) in [6.07, 6.45) is 19.3. The predicted molar refractivity (Wildman–Crippen MR) is 136 cm³/mol. The molecule has 1 saturated heterocycles. The number of unbranched alkanes of at least 4 members (excludes halogenated alkanes) is 11. The summed E-state index contributed by atoms with van der Waals surface area (Å²) in [5.74, 6) is 1.31. The zero-order valence-corrected chi connectivity index (χ0v) is 21.9. The van der Waals surface area contributed by atoms with Crippen molar-refractivity contribution < 1.29 is 9.53 Å². The number of carbonyl (C=O) groups excluding carboxylic acids is 1. The molecule has 0 aliphatic carbocycles. The Labute approximate surface area is 199 Å². The summed E-state index contributed by atoms with van der Waals surface area (Å²) in [5, 5.41) is 3.10. The molecule has 2 atom stereocenters. The van der Waals surface area contributed by atoms with Crippen LogP contribution in [0.5, 0.6) is 0 Å². The van der Waals surface area contributed by atoms with Crippen molar-refractivity contribution >= 4 is 18.3 Å². The first-order chi connectivity index (χ1) is 14.3. The van der Waals surface area contributed by atoms with Gasteiger partial charge in [-0.05, 0) is 38.5 Å². The molecule has 1 rings (SSSR count). The van der Waals surface area contributed by atoms with Gasteiger partial charge in [-0.25, -0.2) is 0 Å². The number of nitrogens with one attached hydrogen (secondary N) is 1. The van der Waals surface area contributed by atoms with Crippen molar-refractivity contribution in [3.63, 3.8) is 0 Å². The van der Waals surface area contributed by atoms with Gasteiger partial charge in [0.15, 0.2) is 0 Å². The molecule has 1 aliphatic rings. The summed E-state index contributed by atoms with van der Waals surface area (Å²) >= 11 is 0. The monoisotopic (exact) mass is 460 g/mol. The summed E-state index contributed by atoms with van der Waals surface area (Å²) in [4.78, 5) is 12.1. The Hall–Kier alpha value is -0.320. The molecule has 0 aromatic heterocycles. The van der Waals surface area contributed by atoms with Crippen LogP contribution >= 0.6 is 12.4 Å². The fourth-order valence-electron chi connectivity index (χ4n) is 4.10. The molecule has 1 heterocycles. The quantitative estimate of drug-likeness (QED) is 0.155. The normalized spacial score (nSPS) is 16.8. The van der Waals surface area contributed by atoms with Crippen LogP contribution in [0.4, 0.5) is 0 Å². The van der Waals surface area contributed by atoms with E-state index in [-0.39, 0.29) is 29.8 Å². The molecular weight excluding hydrogens is 408 g/mol. The van der Waals surface area contributed by atoms with E-state index >= 15 is 0 Å². The van der Waals surface area contributed by atoms with Gasteiger partial charge in [-0.1, -0.05) is 90.9 Å². The van der Waals surface area contributed by atoms with E-state index in [1.165, 1.54) is 77.0 Å². The van der Waals surface area contributed by atoms with Gasteiger partial charge < -0.3 is 15.8 Å². The molecule has 3 N–H and O–H groups in total. The Bertz CT molecular complexity index is 434. The molecule has 2 unspecified atom stereocenters. The van der Waals surface area contributed by atoms with Gasteiger partial charge in [0, 0.05) is 18.5 Å². The Morgan fingerprint density at radius 2 is 1.39 bits per heavy atom. The second-order valence-electron chi connectivity index (χ2n) is 10.7. The Morgan fingerprint density at radius 1 is 0.935 bits per heavy atom. The smallest absolute Gasteiger partial charge is 0.220 e. The molecule has 1 amide bonds. The van der Waals surface area contributed by atoms with Crippen LogP contribution in [0, 0.1) is 11.8 Å². The summed E-state index contributed by atoms with van der Waals surface area (Å²) in [5.41, 5.74) is 5.99. The third kappa shape index (κ3) is 18.9. The van der Waals surface area contributed by atoms with Crippen LogP contribution in [0.2, 0.25) is 0 Å². The minimum atomic E-state index is -0.285. The van der Waals surface area contributed by atoms with Gasteiger partial charge in [-0.15, -0.1) is 12.4 Å². The summed E-state index contributed by atoms with van der Waals surface area (Å²) in [6, 6.07) is 0. The van der Waals surface area contributed by atoms with Crippen molar-refractivity contribution in [2.24, 2.45) is 17.6 Å². The molecule has 1 fully saturated rings. The molecule has 4 nitrogen and oxygen atoms in total. The van der Waals surface area contributed by atoms with E-state index in [0.29, 0.717) is 19.1 Å². The molecule has 0 radical (unpaired) electrons. The maximum absolute atomic E-state index is 12.1. The van der Waals surface area contributed by atoms with Gasteiger partial charge in [0.1, 0.15) is 0 Å². The van der Waals surface area contributed by atoms with Gasteiger partial charge in [0.2, 0.25) is 5.91 Å². The lowest BCUT2D eigenvalue weighted by Gasteiger charge is -2.30. The zero-order valence-electron chi connectivity index (χ0n) is 21.1. The van der Waals surface area contributed by atoms with E-state index in [1.54, 1.807) is 0 Å². The topological polar surface area (TPSA) is 67.7 Å². The van der Waals surface area contributed by atoms with E-state index < -0.39 is 0 Å². The Kier molecular flexibility index (Phi) is 18.0. The third-order valence-corrected chi connectivity index (χ3v) is 6.48. The Balaban J connectivity index is 0.00000900. The van der Waals surface area contributed by atoms with Crippen molar-refractivity contribution in [3.8, 4) is 0 Å². The summed E-state index contributed by atoms with van der Waals surface area (Å²) < 4.78 is 5.33. The number of rotatable bonds is 20. The van der Waals surface area contributed by atoms with Crippen LogP contribution in [0.15, 0.2) is 0 Å². The molecule has 1 aliphatic heterocycles. The second kappa shape index (κ2) is 18.1. The van der Waals surface area contributed by atoms with Crippen molar-refractivity contribution in [1.82, 2.24) is 5.32 Å². The molecule has 0 spiro atoms. The first-order valence-corrected chi connectivity index (χ1v) is 13.0. The number of carbonyl (C=O) groups is 1. The number of hydrogen-bond donors (Lipinski definition) is 2. The van der Waals surface area contributed by atoms with Crippen molar-refractivity contribution in [1.29, 1.82) is 0 Å². The largest absolute Gasteiger partial charge is 0.373 e. The molecule has 31 heavy (non-hydrogen) atoms. The van der Waals surface area contributed by atoms with Crippen molar-refractivity contribution in [2.45, 2.75) is 136 Å². The fraction of sp³-hybridized carbons (Fsp3) is 0.962. The first-order valence-electron chi connectivity index (χ1n) is 13.0. The molecule has 186 valence electrons. The van der Waals surface area contributed by atoms with Crippen LogP contribution in [-0.2, 0) is 9.53 Å². The van der Waals surface area contributed by atoms with Gasteiger partial charge in [0.25, 0.3) is 0 Å². The predicted octanol–water partition coefficient (Wildman–Crippen LogP) is 6.78. The zero-order chi connectivity index (χ0) is 22.2. The highest BCUT2D eigenvalue weighted by Crippen LogP contribution is 2.25. The van der Waals surface area contributed by atoms with E-state index in [2.05, 4.69) is 19.2 Å². The third-order valence-electron chi connectivity index (χ3n) is 6.48. The minimum Gasteiger partial charge on any atom is -0.373 e. The average molecular weight is 461 g/mol. The van der Waals surface area contributed by atoms with E-state index in [9.17, 15) is 4.79 Å². The number of amides is 1. The van der Waals surface area contributed by atoms with Gasteiger partial charge in [-0.3, -0.25) is 4.79 Å². The molecule has 5 heteroatoms. The first kappa shape index (κ1) is 30.7. The van der Waals surface area contributed by atoms with Gasteiger partial charge in [-0.2, -0.15) is 0 Å². The van der Waals surface area contributed by atoms with E-state index in [4.69, 9.17) is 10.5 Å². The van der Waals surface area contributed by atoms with Gasteiger partial charge >= 0.3 is 0 Å². The lowest BCUT2D eigenvalue weighted by molar-refractivity contribution is -0.121. The lowest BCUT2D eigenvalue weighted by atomic mass is 9.84. The molecule has 0 bridgehead atoms. The maximum Gasteiger partial charge on any atom is 0.220 e. The van der Waals surface area contributed by atoms with Crippen molar-refractivity contribution in [2.75, 3.05) is 13.2 Å². The van der Waals surface area contributed by atoms with Crippen LogP contribution in [0.3, 0.4) is 0 Å². The van der Waals surface area contributed by atoms with Crippen LogP contribution in [0.25, 0.3) is 0 Å². The number of ether oxygens (including phenoxy) is 1. The molecule has 0 aromatic rings. The highest BCUT2D eigenvalue weighted by Gasteiger charge is 2.33. The van der Waals surface area contributed by atoms with Crippen molar-refractivity contribution in [3.05, 3.63) is 0 Å². The van der Waals surface area contributed by atoms with E-state index in [1.807, 2.05) is 13.8 Å². The summed E-state index contributed by atoms with van der Waals surface area (Å²) in [7, 11) is 0. The van der Waals surface area contributed by atoms with Crippen LogP contribution in [-0.4, -0.2) is 30.7 Å².